The number of benzene rings is 1. The van der Waals surface area contributed by atoms with E-state index in [1.807, 2.05) is 0 Å². The first kappa shape index (κ1) is 16.7. The van der Waals surface area contributed by atoms with Gasteiger partial charge in [-0.1, -0.05) is 12.1 Å². The van der Waals surface area contributed by atoms with Gasteiger partial charge in [0.25, 0.3) is 0 Å². The van der Waals surface area contributed by atoms with Gasteiger partial charge in [-0.3, -0.25) is 0 Å². The smallest absolute Gasteiger partial charge is 0.317 e. The molecule has 0 atom stereocenters. The lowest BCUT2D eigenvalue weighted by atomic mass is 9.54. The molecule has 4 aliphatic rings. The first-order chi connectivity index (χ1) is 12.1. The summed E-state index contributed by atoms with van der Waals surface area (Å²) in [6, 6.07) is 6.65. The second kappa shape index (κ2) is 6.85. The molecule has 0 saturated heterocycles. The normalized spacial score (nSPS) is 32.5. The lowest BCUT2D eigenvalue weighted by molar-refractivity contribution is -0.0108. The molecule has 0 aliphatic heterocycles. The van der Waals surface area contributed by atoms with Gasteiger partial charge in [-0.2, -0.15) is 0 Å². The van der Waals surface area contributed by atoms with Crippen molar-refractivity contribution in [2.24, 2.45) is 23.7 Å². The molecule has 1 aromatic carbocycles. The zero-order valence-electron chi connectivity index (χ0n) is 14.8. The molecule has 25 heavy (non-hydrogen) atoms. The highest BCUT2D eigenvalue weighted by Crippen LogP contribution is 2.53. The molecule has 0 unspecified atom stereocenters. The quantitative estimate of drug-likeness (QED) is 0.884. The van der Waals surface area contributed by atoms with Crippen molar-refractivity contribution in [3.8, 4) is 5.75 Å². The first-order valence-corrected chi connectivity index (χ1v) is 9.49. The standard InChI is InChI=1S/C20H27FN2O2/c1-23(6-7-25-18-5-3-2-4-17(18)21)20(24)22-19-15-9-13-8-14(11-15)12-16(19)10-13/h2-5,13-16,19H,6-12H2,1H3,(H,22,24). The average Bonchev–Trinajstić information content (AvgIpc) is 2.59. The summed E-state index contributed by atoms with van der Waals surface area (Å²) in [6.07, 6.45) is 6.58. The zero-order valence-corrected chi connectivity index (χ0v) is 14.8. The summed E-state index contributed by atoms with van der Waals surface area (Å²) in [6.45, 7) is 0.722. The fourth-order valence-electron chi connectivity index (χ4n) is 5.37. The highest BCUT2D eigenvalue weighted by Gasteiger charge is 2.48. The maximum Gasteiger partial charge on any atom is 0.317 e. The van der Waals surface area contributed by atoms with Crippen LogP contribution in [0.4, 0.5) is 9.18 Å². The minimum atomic E-state index is -0.372. The van der Waals surface area contributed by atoms with Crippen LogP contribution < -0.4 is 10.1 Å². The van der Waals surface area contributed by atoms with Gasteiger partial charge in [0.1, 0.15) is 6.61 Å². The first-order valence-electron chi connectivity index (χ1n) is 9.49. The monoisotopic (exact) mass is 346 g/mol. The number of nitrogens with one attached hydrogen (secondary N) is 1. The number of nitrogens with zero attached hydrogens (tertiary/aromatic N) is 1. The number of para-hydroxylation sites is 1. The summed E-state index contributed by atoms with van der Waals surface area (Å²) >= 11 is 0. The zero-order chi connectivity index (χ0) is 17.4. The Morgan fingerprint density at radius 1 is 1.16 bits per heavy atom. The topological polar surface area (TPSA) is 41.6 Å². The van der Waals surface area contributed by atoms with E-state index in [2.05, 4.69) is 5.32 Å². The van der Waals surface area contributed by atoms with Gasteiger partial charge in [0.15, 0.2) is 11.6 Å². The van der Waals surface area contributed by atoms with Gasteiger partial charge in [0, 0.05) is 13.1 Å². The van der Waals surface area contributed by atoms with Crippen molar-refractivity contribution in [1.29, 1.82) is 0 Å². The van der Waals surface area contributed by atoms with Crippen LogP contribution in [0.25, 0.3) is 0 Å². The maximum atomic E-state index is 13.5. The van der Waals surface area contributed by atoms with Crippen LogP contribution in [0.15, 0.2) is 24.3 Å². The Kier molecular flexibility index (Phi) is 4.57. The summed E-state index contributed by atoms with van der Waals surface area (Å²) in [4.78, 5) is 14.2. The van der Waals surface area contributed by atoms with Crippen LogP contribution in [0.2, 0.25) is 0 Å². The Morgan fingerprint density at radius 3 is 2.44 bits per heavy atom. The number of hydrogen-bond acceptors (Lipinski definition) is 2. The van der Waals surface area contributed by atoms with Gasteiger partial charge in [0.05, 0.1) is 6.54 Å². The van der Waals surface area contributed by atoms with E-state index in [0.717, 1.165) is 11.8 Å². The van der Waals surface area contributed by atoms with Gasteiger partial charge < -0.3 is 15.0 Å². The number of carbonyl (C=O) groups excluding carboxylic acids is 1. The van der Waals surface area contributed by atoms with E-state index >= 15 is 0 Å². The third-order valence-electron chi connectivity index (χ3n) is 6.38. The number of carbonyl (C=O) groups is 1. The van der Waals surface area contributed by atoms with Gasteiger partial charge in [-0.25, -0.2) is 9.18 Å². The van der Waals surface area contributed by atoms with Crippen LogP contribution in [-0.4, -0.2) is 37.2 Å². The Morgan fingerprint density at radius 2 is 1.80 bits per heavy atom. The molecule has 5 heteroatoms. The van der Waals surface area contributed by atoms with Crippen molar-refractivity contribution in [3.63, 3.8) is 0 Å². The van der Waals surface area contributed by atoms with Crippen molar-refractivity contribution in [2.75, 3.05) is 20.2 Å². The molecule has 0 heterocycles. The lowest BCUT2D eigenvalue weighted by Crippen LogP contribution is -2.57. The third kappa shape index (κ3) is 3.46. The molecule has 0 radical (unpaired) electrons. The van der Waals surface area contributed by atoms with Crippen molar-refractivity contribution >= 4 is 6.03 Å². The van der Waals surface area contributed by atoms with E-state index in [-0.39, 0.29) is 24.2 Å². The van der Waals surface area contributed by atoms with Crippen LogP contribution in [-0.2, 0) is 0 Å². The summed E-state index contributed by atoms with van der Waals surface area (Å²) in [7, 11) is 1.77. The van der Waals surface area contributed by atoms with Crippen LogP contribution >= 0.6 is 0 Å². The highest BCUT2D eigenvalue weighted by molar-refractivity contribution is 5.74. The molecular formula is C20H27FN2O2. The third-order valence-corrected chi connectivity index (χ3v) is 6.38. The minimum Gasteiger partial charge on any atom is -0.489 e. The number of rotatable bonds is 5. The number of likely N-dealkylation sites (N-methyl/N-ethyl adjacent to an activating group) is 1. The number of halogens is 1. The van der Waals surface area contributed by atoms with E-state index < -0.39 is 0 Å². The van der Waals surface area contributed by atoms with Crippen molar-refractivity contribution in [3.05, 3.63) is 30.1 Å². The van der Waals surface area contributed by atoms with E-state index in [4.69, 9.17) is 4.74 Å². The van der Waals surface area contributed by atoms with Crippen LogP contribution in [0.3, 0.4) is 0 Å². The van der Waals surface area contributed by atoms with Crippen LogP contribution in [0.1, 0.15) is 32.1 Å². The largest absolute Gasteiger partial charge is 0.489 e. The molecule has 4 bridgehead atoms. The predicted molar refractivity (Wildman–Crippen MR) is 93.9 cm³/mol. The van der Waals surface area contributed by atoms with E-state index in [1.165, 1.54) is 38.2 Å². The van der Waals surface area contributed by atoms with E-state index in [0.29, 0.717) is 24.4 Å². The molecule has 4 aliphatic carbocycles. The number of urea groups is 1. The fraction of sp³-hybridized carbons (Fsp3) is 0.650. The average molecular weight is 346 g/mol. The lowest BCUT2D eigenvalue weighted by Gasteiger charge is -2.54. The van der Waals surface area contributed by atoms with E-state index in [9.17, 15) is 9.18 Å². The molecular weight excluding hydrogens is 319 g/mol. The Hall–Kier alpha value is -1.78. The van der Waals surface area contributed by atoms with Crippen LogP contribution in [0.5, 0.6) is 5.75 Å². The molecule has 1 aromatic rings. The Bertz CT molecular complexity index is 608. The van der Waals surface area contributed by atoms with Gasteiger partial charge in [0.2, 0.25) is 0 Å². The molecule has 4 fully saturated rings. The van der Waals surface area contributed by atoms with Crippen molar-refractivity contribution in [1.82, 2.24) is 10.2 Å². The molecule has 136 valence electrons. The van der Waals surface area contributed by atoms with E-state index in [1.54, 1.807) is 30.1 Å². The van der Waals surface area contributed by atoms with Crippen molar-refractivity contribution in [2.45, 2.75) is 38.1 Å². The van der Waals surface area contributed by atoms with Crippen molar-refractivity contribution < 1.29 is 13.9 Å². The van der Waals surface area contributed by atoms with Crippen LogP contribution in [0, 0.1) is 29.5 Å². The Labute approximate surface area is 148 Å². The second-order valence-corrected chi connectivity index (χ2v) is 8.11. The molecule has 0 aromatic heterocycles. The molecule has 0 spiro atoms. The van der Waals surface area contributed by atoms with Gasteiger partial charge in [-0.05, 0) is 67.9 Å². The summed E-state index contributed by atoms with van der Waals surface area (Å²) in [5.74, 6) is 3.01. The summed E-state index contributed by atoms with van der Waals surface area (Å²) in [5.41, 5.74) is 0. The Balaban J connectivity index is 1.26. The second-order valence-electron chi connectivity index (χ2n) is 8.11. The molecule has 4 saturated carbocycles. The summed E-state index contributed by atoms with van der Waals surface area (Å²) in [5, 5.41) is 3.28. The number of hydrogen-bond donors (Lipinski definition) is 1. The molecule has 4 nitrogen and oxygen atoms in total. The minimum absolute atomic E-state index is 0.0328. The number of ether oxygens (including phenoxy) is 1. The summed E-state index contributed by atoms with van der Waals surface area (Å²) < 4.78 is 19.0. The molecule has 2 amide bonds. The fourth-order valence-corrected chi connectivity index (χ4v) is 5.37. The number of amides is 2. The maximum absolute atomic E-state index is 13.5. The highest BCUT2D eigenvalue weighted by atomic mass is 19.1. The van der Waals surface area contributed by atoms with Gasteiger partial charge in [-0.15, -0.1) is 0 Å². The molecule has 1 N–H and O–H groups in total. The molecule has 5 rings (SSSR count). The predicted octanol–water partition coefficient (Wildman–Crippen LogP) is 3.67. The van der Waals surface area contributed by atoms with Gasteiger partial charge >= 0.3 is 6.03 Å². The SMILES string of the molecule is CN(CCOc1ccccc1F)C(=O)NC1C2CC3CC(C2)CC1C3.